The fourth-order valence-corrected chi connectivity index (χ4v) is 3.35. The third-order valence-corrected chi connectivity index (χ3v) is 4.71. The van der Waals surface area contributed by atoms with E-state index >= 15 is 0 Å². The Labute approximate surface area is 166 Å². The van der Waals surface area contributed by atoms with Crippen LogP contribution in [0.3, 0.4) is 0 Å². The van der Waals surface area contributed by atoms with Crippen molar-refractivity contribution in [2.75, 3.05) is 28.4 Å². The first-order chi connectivity index (χ1) is 13.9. The zero-order valence-electron chi connectivity index (χ0n) is 16.4. The molecule has 8 nitrogen and oxygen atoms in total. The van der Waals surface area contributed by atoms with Gasteiger partial charge in [-0.15, -0.1) is 0 Å². The maximum absolute atomic E-state index is 12.3. The number of hydrogen-bond acceptors (Lipinski definition) is 8. The lowest BCUT2D eigenvalue weighted by Gasteiger charge is -2.16. The normalized spacial score (nSPS) is 10.8. The smallest absolute Gasteiger partial charge is 0.341 e. The van der Waals surface area contributed by atoms with E-state index in [4.69, 9.17) is 14.2 Å². The SMILES string of the molecule is COC(=O)Cc1cc2cc3cc(OC)cc(OC)c3c(O)c2c(O)c1C(=O)OC. The van der Waals surface area contributed by atoms with Crippen molar-refractivity contribution in [3.8, 4) is 23.0 Å². The van der Waals surface area contributed by atoms with Crippen molar-refractivity contribution in [2.24, 2.45) is 0 Å². The molecule has 2 N–H and O–H groups in total. The fraction of sp³-hybridized carbons (Fsp3) is 0.238. The van der Waals surface area contributed by atoms with Gasteiger partial charge in [0, 0.05) is 6.07 Å². The van der Waals surface area contributed by atoms with Crippen molar-refractivity contribution in [2.45, 2.75) is 6.42 Å². The molecule has 0 saturated carbocycles. The molecule has 152 valence electrons. The summed E-state index contributed by atoms with van der Waals surface area (Å²) in [6.07, 6.45) is -0.259. The van der Waals surface area contributed by atoms with Gasteiger partial charge >= 0.3 is 11.9 Å². The van der Waals surface area contributed by atoms with Gasteiger partial charge < -0.3 is 29.2 Å². The van der Waals surface area contributed by atoms with E-state index in [1.165, 1.54) is 27.4 Å². The molecule has 0 fully saturated rings. The molecule has 3 aromatic carbocycles. The third kappa shape index (κ3) is 3.33. The second-order valence-corrected chi connectivity index (χ2v) is 6.25. The minimum Gasteiger partial charge on any atom is -0.506 e. The van der Waals surface area contributed by atoms with Gasteiger partial charge in [-0.2, -0.15) is 0 Å². The quantitative estimate of drug-likeness (QED) is 0.497. The molecule has 0 bridgehead atoms. The van der Waals surface area contributed by atoms with Gasteiger partial charge in [0.1, 0.15) is 28.6 Å². The first-order valence-electron chi connectivity index (χ1n) is 8.57. The van der Waals surface area contributed by atoms with Gasteiger partial charge in [-0.25, -0.2) is 4.79 Å². The molecule has 3 aromatic rings. The van der Waals surface area contributed by atoms with Crippen molar-refractivity contribution in [1.29, 1.82) is 0 Å². The topological polar surface area (TPSA) is 112 Å². The summed E-state index contributed by atoms with van der Waals surface area (Å²) >= 11 is 0. The lowest BCUT2D eigenvalue weighted by Crippen LogP contribution is -2.12. The summed E-state index contributed by atoms with van der Waals surface area (Å²) in [6.45, 7) is 0. The van der Waals surface area contributed by atoms with Crippen LogP contribution in [-0.4, -0.2) is 50.6 Å². The average molecular weight is 400 g/mol. The lowest BCUT2D eigenvalue weighted by molar-refractivity contribution is -0.139. The predicted molar refractivity (Wildman–Crippen MR) is 105 cm³/mol. The summed E-state index contributed by atoms with van der Waals surface area (Å²) in [5, 5.41) is 23.2. The van der Waals surface area contributed by atoms with Crippen molar-refractivity contribution < 1.29 is 38.7 Å². The summed E-state index contributed by atoms with van der Waals surface area (Å²) in [6, 6.07) is 6.51. The van der Waals surface area contributed by atoms with Crippen LogP contribution in [0, 0.1) is 0 Å². The van der Waals surface area contributed by atoms with Crippen molar-refractivity contribution in [3.63, 3.8) is 0 Å². The van der Waals surface area contributed by atoms with E-state index in [0.29, 0.717) is 27.7 Å². The number of hydrogen-bond donors (Lipinski definition) is 2. The molecule has 0 amide bonds. The highest BCUT2D eigenvalue weighted by atomic mass is 16.5. The molecule has 0 unspecified atom stereocenters. The number of rotatable bonds is 5. The number of benzene rings is 3. The molecule has 8 heteroatoms. The monoisotopic (exact) mass is 400 g/mol. The molecule has 0 aliphatic heterocycles. The minimum atomic E-state index is -0.843. The van der Waals surface area contributed by atoms with Crippen molar-refractivity contribution in [3.05, 3.63) is 35.4 Å². The summed E-state index contributed by atoms with van der Waals surface area (Å²) < 4.78 is 20.0. The largest absolute Gasteiger partial charge is 0.506 e. The van der Waals surface area contributed by atoms with E-state index in [1.807, 2.05) is 0 Å². The first-order valence-corrected chi connectivity index (χ1v) is 8.57. The van der Waals surface area contributed by atoms with E-state index in [-0.39, 0.29) is 28.7 Å². The Bertz CT molecular complexity index is 1130. The Kier molecular flexibility index (Phi) is 5.36. The van der Waals surface area contributed by atoms with E-state index in [0.717, 1.165) is 7.11 Å². The van der Waals surface area contributed by atoms with Crippen LogP contribution in [0.15, 0.2) is 24.3 Å². The number of carbonyl (C=O) groups excluding carboxylic acids is 2. The van der Waals surface area contributed by atoms with Crippen LogP contribution in [0.2, 0.25) is 0 Å². The Morgan fingerprint density at radius 1 is 0.828 bits per heavy atom. The highest BCUT2D eigenvalue weighted by Crippen LogP contribution is 2.46. The van der Waals surface area contributed by atoms with E-state index in [9.17, 15) is 19.8 Å². The Morgan fingerprint density at radius 3 is 2.10 bits per heavy atom. The average Bonchev–Trinajstić information content (AvgIpc) is 2.71. The number of aromatic hydroxyl groups is 2. The fourth-order valence-electron chi connectivity index (χ4n) is 3.35. The Hall–Kier alpha value is -3.68. The highest BCUT2D eigenvalue weighted by Gasteiger charge is 2.25. The molecule has 0 atom stereocenters. The predicted octanol–water partition coefficient (Wildman–Crippen LogP) is 2.92. The van der Waals surface area contributed by atoms with Crippen LogP contribution in [0.5, 0.6) is 23.0 Å². The number of phenols is 2. The van der Waals surface area contributed by atoms with Crippen LogP contribution in [0.4, 0.5) is 0 Å². The highest BCUT2D eigenvalue weighted by molar-refractivity contribution is 6.13. The number of fused-ring (bicyclic) bond motifs is 2. The van der Waals surface area contributed by atoms with Gasteiger partial charge in [0.2, 0.25) is 0 Å². The van der Waals surface area contributed by atoms with Crippen LogP contribution < -0.4 is 9.47 Å². The molecular weight excluding hydrogens is 380 g/mol. The molecule has 0 radical (unpaired) electrons. The zero-order chi connectivity index (χ0) is 21.3. The molecule has 0 aliphatic carbocycles. The first kappa shape index (κ1) is 20.1. The molecular formula is C21H20O8. The standard InChI is InChI=1S/C21H20O8/c1-26-13-7-11-5-10-6-12(8-15(22)28-3)18(21(25)29-4)20(24)17(10)19(23)16(11)14(9-13)27-2/h5-7,9,23-24H,8H2,1-4H3. The van der Waals surface area contributed by atoms with Crippen LogP contribution in [0.1, 0.15) is 15.9 Å². The molecule has 0 heterocycles. The Balaban J connectivity index is 2.45. The molecule has 29 heavy (non-hydrogen) atoms. The molecule has 0 aliphatic rings. The molecule has 0 spiro atoms. The molecule has 3 rings (SSSR count). The van der Waals surface area contributed by atoms with Crippen molar-refractivity contribution >= 4 is 33.5 Å². The number of carbonyl (C=O) groups is 2. The van der Waals surface area contributed by atoms with Gasteiger partial charge in [0.25, 0.3) is 0 Å². The van der Waals surface area contributed by atoms with Gasteiger partial charge in [0.05, 0.1) is 45.6 Å². The Morgan fingerprint density at radius 2 is 1.52 bits per heavy atom. The number of ether oxygens (including phenoxy) is 4. The second kappa shape index (κ2) is 7.75. The zero-order valence-corrected chi connectivity index (χ0v) is 16.4. The summed E-state index contributed by atoms with van der Waals surface area (Å²) in [5.41, 5.74) is -0.00478. The van der Waals surface area contributed by atoms with Gasteiger partial charge in [-0.05, 0) is 34.5 Å². The van der Waals surface area contributed by atoms with Gasteiger partial charge in [0.15, 0.2) is 0 Å². The molecule has 0 aromatic heterocycles. The minimum absolute atomic E-state index is 0.0370. The van der Waals surface area contributed by atoms with Crippen LogP contribution >= 0.6 is 0 Å². The van der Waals surface area contributed by atoms with E-state index in [1.54, 1.807) is 18.2 Å². The number of esters is 2. The summed E-state index contributed by atoms with van der Waals surface area (Å²) in [5.74, 6) is -1.36. The maximum Gasteiger partial charge on any atom is 0.341 e. The third-order valence-electron chi connectivity index (χ3n) is 4.71. The van der Waals surface area contributed by atoms with Crippen molar-refractivity contribution in [1.82, 2.24) is 0 Å². The van der Waals surface area contributed by atoms with Gasteiger partial charge in [-0.3, -0.25) is 4.79 Å². The van der Waals surface area contributed by atoms with E-state index in [2.05, 4.69) is 4.74 Å². The van der Waals surface area contributed by atoms with Crippen LogP contribution in [-0.2, 0) is 20.7 Å². The molecule has 0 saturated heterocycles. The second-order valence-electron chi connectivity index (χ2n) is 6.25. The number of phenolic OH excluding ortho intramolecular Hbond substituents is 2. The van der Waals surface area contributed by atoms with Gasteiger partial charge in [-0.1, -0.05) is 0 Å². The number of methoxy groups -OCH3 is 4. The maximum atomic E-state index is 12.3. The lowest BCUT2D eigenvalue weighted by atomic mass is 9.93. The van der Waals surface area contributed by atoms with E-state index < -0.39 is 17.7 Å². The summed E-state index contributed by atoms with van der Waals surface area (Å²) in [4.78, 5) is 24.1. The summed E-state index contributed by atoms with van der Waals surface area (Å²) in [7, 11) is 5.32. The van der Waals surface area contributed by atoms with Crippen LogP contribution in [0.25, 0.3) is 21.5 Å².